The van der Waals surface area contributed by atoms with E-state index in [1.165, 1.54) is 0 Å². The van der Waals surface area contributed by atoms with E-state index in [2.05, 4.69) is 36.0 Å². The van der Waals surface area contributed by atoms with Gasteiger partial charge in [-0.25, -0.2) is 19.9 Å². The highest BCUT2D eigenvalue weighted by molar-refractivity contribution is 7.16. The maximum Gasteiger partial charge on any atom is 0.237 e. The molecule has 3 aliphatic heterocycles. The van der Waals surface area contributed by atoms with Gasteiger partial charge in [0.15, 0.2) is 5.82 Å². The Morgan fingerprint density at radius 3 is 2.66 bits per heavy atom. The summed E-state index contributed by atoms with van der Waals surface area (Å²) >= 11 is 1.57. The number of likely N-dealkylation sites (tertiary alicyclic amines) is 1. The number of ether oxygens (including phenoxy) is 1. The molecule has 0 aromatic carbocycles. The summed E-state index contributed by atoms with van der Waals surface area (Å²) in [4.78, 5) is 51.9. The molecule has 4 aromatic rings. The third-order valence-corrected chi connectivity index (χ3v) is 10.6. The summed E-state index contributed by atoms with van der Waals surface area (Å²) in [7, 11) is 0. The lowest BCUT2D eigenvalue weighted by atomic mass is 9.85. The van der Waals surface area contributed by atoms with Gasteiger partial charge in [-0.05, 0) is 70.4 Å². The minimum atomic E-state index is -0.563. The SMILES string of the molecule is CCn1cnc(-c2cnc(C3=CCN(C(=O)CN4CC[C@]5(CCN(c6ccc(N)c(C(=N)c7ccc(OC(C)C)nc7)n6)C5=O)C4)CC3)s2)n1. The molecule has 3 N–H and O–H groups in total. The van der Waals surface area contributed by atoms with Crippen LogP contribution in [0.1, 0.15) is 56.3 Å². The van der Waals surface area contributed by atoms with E-state index >= 15 is 0 Å². The van der Waals surface area contributed by atoms with E-state index in [9.17, 15) is 9.59 Å². The van der Waals surface area contributed by atoms with Gasteiger partial charge in [0.2, 0.25) is 17.7 Å². The summed E-state index contributed by atoms with van der Waals surface area (Å²) in [6.45, 7) is 9.79. The Morgan fingerprint density at radius 1 is 1.10 bits per heavy atom. The van der Waals surface area contributed by atoms with Crippen LogP contribution in [0.15, 0.2) is 49.1 Å². The van der Waals surface area contributed by atoms with E-state index in [-0.39, 0.29) is 30.2 Å². The van der Waals surface area contributed by atoms with Crippen LogP contribution in [0.25, 0.3) is 16.3 Å². The predicted octanol–water partition coefficient (Wildman–Crippen LogP) is 3.74. The van der Waals surface area contributed by atoms with E-state index in [1.807, 2.05) is 31.9 Å². The lowest BCUT2D eigenvalue weighted by Crippen LogP contribution is -2.43. The topological polar surface area (TPSA) is 172 Å². The minimum Gasteiger partial charge on any atom is -0.475 e. The summed E-state index contributed by atoms with van der Waals surface area (Å²) in [6.07, 6.45) is 9.28. The summed E-state index contributed by atoms with van der Waals surface area (Å²) in [5, 5.41) is 14.2. The number of pyridine rings is 2. The number of hydrogen-bond acceptors (Lipinski definition) is 12. The number of nitrogens with two attached hydrogens (primary N) is 1. The van der Waals surface area contributed by atoms with E-state index in [4.69, 9.17) is 15.9 Å². The molecule has 0 radical (unpaired) electrons. The average Bonchev–Trinajstić information content (AvgIpc) is 3.93. The van der Waals surface area contributed by atoms with Crippen LogP contribution in [0.3, 0.4) is 0 Å². The summed E-state index contributed by atoms with van der Waals surface area (Å²) in [5.74, 6) is 1.70. The van der Waals surface area contributed by atoms with Crippen LogP contribution in [0, 0.1) is 10.8 Å². The van der Waals surface area contributed by atoms with Crippen molar-refractivity contribution in [3.63, 3.8) is 0 Å². The summed E-state index contributed by atoms with van der Waals surface area (Å²) in [6, 6.07) is 6.90. The second-order valence-corrected chi connectivity index (χ2v) is 14.3. The zero-order valence-electron chi connectivity index (χ0n) is 28.5. The Bertz CT molecular complexity index is 1950. The van der Waals surface area contributed by atoms with Gasteiger partial charge in [0.25, 0.3) is 0 Å². The van der Waals surface area contributed by atoms with Crippen LogP contribution in [-0.4, -0.2) is 102 Å². The highest BCUT2D eigenvalue weighted by Gasteiger charge is 2.51. The highest BCUT2D eigenvalue weighted by atomic mass is 32.1. The average molecular weight is 696 g/mol. The molecule has 0 aliphatic carbocycles. The molecule has 7 rings (SSSR count). The number of aromatic nitrogens is 6. The van der Waals surface area contributed by atoms with Crippen molar-refractivity contribution in [1.29, 1.82) is 5.41 Å². The quantitative estimate of drug-likeness (QED) is 0.233. The second-order valence-electron chi connectivity index (χ2n) is 13.3. The van der Waals surface area contributed by atoms with Crippen LogP contribution in [-0.2, 0) is 16.1 Å². The molecular formula is C35H41N11O3S. The van der Waals surface area contributed by atoms with Gasteiger partial charge in [0.1, 0.15) is 22.8 Å². The lowest BCUT2D eigenvalue weighted by molar-refractivity contribution is -0.132. The fourth-order valence-corrected chi connectivity index (χ4v) is 7.68. The first-order valence-electron chi connectivity index (χ1n) is 17.0. The third-order valence-electron chi connectivity index (χ3n) is 9.53. The van der Waals surface area contributed by atoms with E-state index in [0.29, 0.717) is 80.0 Å². The minimum absolute atomic E-state index is 0.00378. The van der Waals surface area contributed by atoms with Crippen LogP contribution in [0.5, 0.6) is 5.88 Å². The molecule has 2 saturated heterocycles. The lowest BCUT2D eigenvalue weighted by Gasteiger charge is -2.28. The molecular weight excluding hydrogens is 655 g/mol. The van der Waals surface area contributed by atoms with Gasteiger partial charge < -0.3 is 15.4 Å². The number of rotatable bonds is 10. The van der Waals surface area contributed by atoms with Crippen molar-refractivity contribution in [2.24, 2.45) is 5.41 Å². The molecule has 260 valence electrons. The number of thiazole rings is 1. The molecule has 15 heteroatoms. The standard InChI is InChI=1S/C35H41N11O3S/c1-4-45-21-40-32(42-45)26-18-39-33(50-26)23-9-13-44(14-10-23)29(47)19-43-15-11-35(20-43)12-16-46(34(35)48)27-7-6-25(36)31(41-27)30(37)24-5-8-28(38-17-24)49-22(2)3/h5-9,17-18,21-22,37H,4,10-16,19-20,36H2,1-3H3/t35-/m0/s1. The third kappa shape index (κ3) is 6.62. The zero-order valence-corrected chi connectivity index (χ0v) is 29.3. The number of carbonyl (C=O) groups excluding carboxylic acids is 2. The van der Waals surface area contributed by atoms with Gasteiger partial charge in [0, 0.05) is 56.7 Å². The number of nitrogen functional groups attached to an aromatic ring is 1. The number of nitrogens with one attached hydrogen (secondary N) is 1. The van der Waals surface area contributed by atoms with E-state index in [0.717, 1.165) is 28.4 Å². The maximum absolute atomic E-state index is 13.9. The number of aryl methyl sites for hydroxylation is 1. The van der Waals surface area contributed by atoms with Gasteiger partial charge in [0.05, 0.1) is 34.3 Å². The van der Waals surface area contributed by atoms with Crippen LogP contribution < -0.4 is 15.4 Å². The van der Waals surface area contributed by atoms with Gasteiger partial charge in [-0.2, -0.15) is 5.10 Å². The Hall–Kier alpha value is -5.02. The first-order valence-corrected chi connectivity index (χ1v) is 17.8. The molecule has 2 fully saturated rings. The van der Waals surface area contributed by atoms with Crippen LogP contribution >= 0.6 is 11.3 Å². The Labute approximate surface area is 294 Å². The molecule has 0 bridgehead atoms. The molecule has 14 nitrogen and oxygen atoms in total. The monoisotopic (exact) mass is 695 g/mol. The van der Waals surface area contributed by atoms with Crippen molar-refractivity contribution >= 4 is 45.9 Å². The largest absolute Gasteiger partial charge is 0.475 e. The van der Waals surface area contributed by atoms with Crippen molar-refractivity contribution in [3.8, 4) is 16.6 Å². The van der Waals surface area contributed by atoms with Gasteiger partial charge in [-0.1, -0.05) is 6.08 Å². The summed E-state index contributed by atoms with van der Waals surface area (Å²) in [5.41, 5.74) is 8.14. The second kappa shape index (κ2) is 13.7. The van der Waals surface area contributed by atoms with Gasteiger partial charge in [-0.15, -0.1) is 11.3 Å². The first-order chi connectivity index (χ1) is 24.1. The number of hydrogen-bond donors (Lipinski definition) is 2. The molecule has 3 aliphatic rings. The molecule has 1 atom stereocenters. The van der Waals surface area contributed by atoms with Crippen molar-refractivity contribution in [3.05, 3.63) is 65.3 Å². The van der Waals surface area contributed by atoms with E-state index < -0.39 is 5.41 Å². The smallest absolute Gasteiger partial charge is 0.237 e. The Balaban J connectivity index is 0.953. The van der Waals surface area contributed by atoms with E-state index in [1.54, 1.807) is 57.7 Å². The number of nitrogens with zero attached hydrogens (tertiary/aromatic N) is 9. The van der Waals surface area contributed by atoms with Gasteiger partial charge >= 0.3 is 0 Å². The predicted molar refractivity (Wildman–Crippen MR) is 191 cm³/mol. The maximum atomic E-state index is 13.9. The number of anilines is 2. The molecule has 0 unspecified atom stereocenters. The Kier molecular flexibility index (Phi) is 9.18. The zero-order chi connectivity index (χ0) is 35.0. The normalized spacial score (nSPS) is 19.5. The fraction of sp³-hybridized carbons (Fsp3) is 0.429. The molecule has 50 heavy (non-hydrogen) atoms. The van der Waals surface area contributed by atoms with Crippen molar-refractivity contribution in [2.45, 2.75) is 52.7 Å². The first kappa shape index (κ1) is 33.5. The fourth-order valence-electron chi connectivity index (χ4n) is 6.76. The summed E-state index contributed by atoms with van der Waals surface area (Å²) < 4.78 is 7.41. The molecule has 4 aromatic heterocycles. The molecule has 7 heterocycles. The number of carbonyl (C=O) groups is 2. The Morgan fingerprint density at radius 2 is 1.94 bits per heavy atom. The van der Waals surface area contributed by atoms with Crippen molar-refractivity contribution in [1.82, 2.24) is 39.5 Å². The molecule has 2 amide bonds. The number of amides is 2. The van der Waals surface area contributed by atoms with Crippen LogP contribution in [0.2, 0.25) is 0 Å². The van der Waals surface area contributed by atoms with Gasteiger partial charge in [-0.3, -0.25) is 29.5 Å². The molecule has 0 saturated carbocycles. The highest BCUT2D eigenvalue weighted by Crippen LogP contribution is 2.42. The van der Waals surface area contributed by atoms with Crippen LogP contribution in [0.4, 0.5) is 11.5 Å². The molecule has 1 spiro atoms. The van der Waals surface area contributed by atoms with Crippen molar-refractivity contribution < 1.29 is 14.3 Å². The van der Waals surface area contributed by atoms with Crippen molar-refractivity contribution in [2.75, 3.05) is 49.9 Å².